The van der Waals surface area contributed by atoms with Gasteiger partial charge in [0.05, 0.1) is 27.0 Å². The molecule has 0 aliphatic carbocycles. The Hall–Kier alpha value is -2.70. The van der Waals surface area contributed by atoms with Crippen LogP contribution in [0.3, 0.4) is 0 Å². The topological polar surface area (TPSA) is 91.5 Å². The summed E-state index contributed by atoms with van der Waals surface area (Å²) in [5.74, 6) is 2.41. The van der Waals surface area contributed by atoms with Crippen LogP contribution in [0.15, 0.2) is 18.3 Å². The van der Waals surface area contributed by atoms with E-state index in [1.807, 2.05) is 13.0 Å². The number of aromatic nitrogens is 2. The highest BCUT2D eigenvalue weighted by Crippen LogP contribution is 2.43. The molecule has 2 rings (SSSR count). The Labute approximate surface area is 123 Å². The standard InChI is InChI=1S/C14H18N4O3/c1-8-7-16-14(15)18-13(8)17-9-5-6-10(19-2)12(21-4)11(9)20-3/h5-7H,1-4H3,(H3,15,16,17,18). The van der Waals surface area contributed by atoms with Crippen molar-refractivity contribution in [3.8, 4) is 17.2 Å². The van der Waals surface area contributed by atoms with Crippen LogP contribution in [0, 0.1) is 6.92 Å². The third-order valence-corrected chi connectivity index (χ3v) is 2.95. The number of nitrogens with two attached hydrogens (primary N) is 1. The average molecular weight is 290 g/mol. The molecule has 7 heteroatoms. The first-order chi connectivity index (χ1) is 10.1. The van der Waals surface area contributed by atoms with Crippen LogP contribution in [0.5, 0.6) is 17.2 Å². The monoisotopic (exact) mass is 290 g/mol. The van der Waals surface area contributed by atoms with Crippen molar-refractivity contribution < 1.29 is 14.2 Å². The van der Waals surface area contributed by atoms with E-state index in [1.54, 1.807) is 33.6 Å². The van der Waals surface area contributed by atoms with Crippen LogP contribution in [-0.4, -0.2) is 31.3 Å². The number of ether oxygens (including phenoxy) is 3. The van der Waals surface area contributed by atoms with Gasteiger partial charge in [-0.25, -0.2) is 4.98 Å². The molecule has 3 N–H and O–H groups in total. The Morgan fingerprint density at radius 1 is 1.05 bits per heavy atom. The van der Waals surface area contributed by atoms with Crippen LogP contribution < -0.4 is 25.3 Å². The highest BCUT2D eigenvalue weighted by atomic mass is 16.5. The third kappa shape index (κ3) is 2.91. The Balaban J connectivity index is 2.47. The van der Waals surface area contributed by atoms with Gasteiger partial charge in [0.15, 0.2) is 11.5 Å². The number of nitrogens with one attached hydrogen (secondary N) is 1. The maximum absolute atomic E-state index is 5.62. The van der Waals surface area contributed by atoms with Gasteiger partial charge in [0.2, 0.25) is 11.7 Å². The first-order valence-corrected chi connectivity index (χ1v) is 6.25. The molecular formula is C14H18N4O3. The molecule has 0 bridgehead atoms. The Kier molecular flexibility index (Phi) is 4.32. The van der Waals surface area contributed by atoms with Crippen molar-refractivity contribution in [2.24, 2.45) is 0 Å². The summed E-state index contributed by atoms with van der Waals surface area (Å²) in [6.45, 7) is 1.88. The summed E-state index contributed by atoms with van der Waals surface area (Å²) in [5, 5.41) is 3.17. The van der Waals surface area contributed by atoms with E-state index >= 15 is 0 Å². The number of aryl methyl sites for hydroxylation is 1. The minimum Gasteiger partial charge on any atom is -0.493 e. The van der Waals surface area contributed by atoms with Crippen LogP contribution in [-0.2, 0) is 0 Å². The second-order valence-corrected chi connectivity index (χ2v) is 4.27. The average Bonchev–Trinajstić information content (AvgIpc) is 2.50. The quantitative estimate of drug-likeness (QED) is 0.871. The lowest BCUT2D eigenvalue weighted by Gasteiger charge is -2.17. The highest BCUT2D eigenvalue weighted by molar-refractivity contribution is 5.73. The van der Waals surface area contributed by atoms with Gasteiger partial charge >= 0.3 is 0 Å². The van der Waals surface area contributed by atoms with Gasteiger partial charge in [-0.2, -0.15) is 4.98 Å². The molecule has 0 unspecified atom stereocenters. The van der Waals surface area contributed by atoms with E-state index in [2.05, 4.69) is 15.3 Å². The summed E-state index contributed by atoms with van der Waals surface area (Å²) < 4.78 is 16.0. The molecule has 0 fully saturated rings. The van der Waals surface area contributed by atoms with Gasteiger partial charge in [0, 0.05) is 11.8 Å². The maximum Gasteiger partial charge on any atom is 0.221 e. The summed E-state index contributed by atoms with van der Waals surface area (Å²) in [6, 6.07) is 3.60. The van der Waals surface area contributed by atoms with Crippen LogP contribution >= 0.6 is 0 Å². The van der Waals surface area contributed by atoms with Gasteiger partial charge in [-0.1, -0.05) is 0 Å². The van der Waals surface area contributed by atoms with Crippen LogP contribution in [0.1, 0.15) is 5.56 Å². The minimum absolute atomic E-state index is 0.197. The molecule has 21 heavy (non-hydrogen) atoms. The fourth-order valence-corrected chi connectivity index (χ4v) is 1.91. The van der Waals surface area contributed by atoms with E-state index in [-0.39, 0.29) is 5.95 Å². The van der Waals surface area contributed by atoms with Gasteiger partial charge < -0.3 is 25.3 Å². The molecule has 0 radical (unpaired) electrons. The molecule has 1 aromatic carbocycles. The SMILES string of the molecule is COc1ccc(Nc2nc(N)ncc2C)c(OC)c1OC. The van der Waals surface area contributed by atoms with Gasteiger partial charge in [-0.05, 0) is 19.1 Å². The largest absolute Gasteiger partial charge is 0.493 e. The molecule has 0 saturated heterocycles. The lowest BCUT2D eigenvalue weighted by Crippen LogP contribution is -2.04. The van der Waals surface area contributed by atoms with E-state index in [0.717, 1.165) is 5.56 Å². The first-order valence-electron chi connectivity index (χ1n) is 6.25. The predicted octanol–water partition coefficient (Wildman–Crippen LogP) is 2.14. The second-order valence-electron chi connectivity index (χ2n) is 4.27. The molecule has 0 aliphatic rings. The van der Waals surface area contributed by atoms with Crippen molar-refractivity contribution in [1.82, 2.24) is 9.97 Å². The zero-order valence-electron chi connectivity index (χ0n) is 12.4. The third-order valence-electron chi connectivity index (χ3n) is 2.95. The number of methoxy groups -OCH3 is 3. The molecule has 0 spiro atoms. The number of nitrogens with zero attached hydrogens (tertiary/aromatic N) is 2. The van der Waals surface area contributed by atoms with Gasteiger partial charge in [-0.15, -0.1) is 0 Å². The number of rotatable bonds is 5. The van der Waals surface area contributed by atoms with Crippen LogP contribution in [0.25, 0.3) is 0 Å². The number of hydrogen-bond donors (Lipinski definition) is 2. The molecule has 1 heterocycles. The summed E-state index contributed by atoms with van der Waals surface area (Å²) in [4.78, 5) is 8.10. The second kappa shape index (κ2) is 6.17. The summed E-state index contributed by atoms with van der Waals surface area (Å²) in [7, 11) is 4.68. The zero-order valence-corrected chi connectivity index (χ0v) is 12.4. The molecule has 0 atom stereocenters. The van der Waals surface area contributed by atoms with Crippen molar-refractivity contribution in [1.29, 1.82) is 0 Å². The lowest BCUT2D eigenvalue weighted by molar-refractivity contribution is 0.325. The Bertz CT molecular complexity index is 646. The number of hydrogen-bond acceptors (Lipinski definition) is 7. The summed E-state index contributed by atoms with van der Waals surface area (Å²) in [6.07, 6.45) is 1.65. The summed E-state index contributed by atoms with van der Waals surface area (Å²) >= 11 is 0. The Morgan fingerprint density at radius 3 is 2.38 bits per heavy atom. The molecule has 2 aromatic rings. The predicted molar refractivity (Wildman–Crippen MR) is 80.6 cm³/mol. The molecule has 1 aromatic heterocycles. The number of anilines is 3. The van der Waals surface area contributed by atoms with Crippen molar-refractivity contribution in [2.75, 3.05) is 32.4 Å². The first kappa shape index (κ1) is 14.7. The molecule has 0 saturated carbocycles. The zero-order chi connectivity index (χ0) is 15.4. The molecule has 0 amide bonds. The lowest BCUT2D eigenvalue weighted by atomic mass is 10.2. The van der Waals surface area contributed by atoms with Gasteiger partial charge in [-0.3, -0.25) is 0 Å². The normalized spacial score (nSPS) is 10.1. The van der Waals surface area contributed by atoms with Crippen molar-refractivity contribution in [3.63, 3.8) is 0 Å². The van der Waals surface area contributed by atoms with E-state index in [0.29, 0.717) is 28.8 Å². The van der Waals surface area contributed by atoms with E-state index in [1.165, 1.54) is 0 Å². The molecule has 7 nitrogen and oxygen atoms in total. The van der Waals surface area contributed by atoms with Gasteiger partial charge in [0.1, 0.15) is 5.82 Å². The van der Waals surface area contributed by atoms with E-state index in [4.69, 9.17) is 19.9 Å². The maximum atomic E-state index is 5.62. The van der Waals surface area contributed by atoms with Crippen molar-refractivity contribution in [3.05, 3.63) is 23.9 Å². The Morgan fingerprint density at radius 2 is 1.76 bits per heavy atom. The van der Waals surface area contributed by atoms with E-state index < -0.39 is 0 Å². The molecular weight excluding hydrogens is 272 g/mol. The van der Waals surface area contributed by atoms with Crippen LogP contribution in [0.2, 0.25) is 0 Å². The fraction of sp³-hybridized carbons (Fsp3) is 0.286. The minimum atomic E-state index is 0.197. The summed E-state index contributed by atoms with van der Waals surface area (Å²) in [5.41, 5.74) is 7.17. The molecule has 112 valence electrons. The molecule has 0 aliphatic heterocycles. The van der Waals surface area contributed by atoms with Crippen LogP contribution in [0.4, 0.5) is 17.5 Å². The smallest absolute Gasteiger partial charge is 0.221 e. The highest BCUT2D eigenvalue weighted by Gasteiger charge is 2.16. The number of nitrogen functional groups attached to an aromatic ring is 1. The van der Waals surface area contributed by atoms with Crippen molar-refractivity contribution >= 4 is 17.5 Å². The number of benzene rings is 1. The van der Waals surface area contributed by atoms with E-state index in [9.17, 15) is 0 Å². The fourth-order valence-electron chi connectivity index (χ4n) is 1.91. The van der Waals surface area contributed by atoms with Crippen molar-refractivity contribution in [2.45, 2.75) is 6.92 Å². The van der Waals surface area contributed by atoms with Gasteiger partial charge in [0.25, 0.3) is 0 Å².